The Bertz CT molecular complexity index is 554. The van der Waals surface area contributed by atoms with Crippen LogP contribution in [-0.4, -0.2) is 28.0 Å². The standard InChI is InChI=1S/C13H17N5O/c14-4-2-6-18(9-11-3-1-5-15-8-11)12-7-13(19)17-10-16-12/h1,3,5,7-8,10H,2,4,6,9,14H2,(H,16,17,19). The second-order valence-electron chi connectivity index (χ2n) is 4.19. The molecule has 2 rings (SSSR count). The van der Waals surface area contributed by atoms with E-state index in [1.54, 1.807) is 6.20 Å². The largest absolute Gasteiger partial charge is 0.352 e. The number of rotatable bonds is 6. The van der Waals surface area contributed by atoms with Gasteiger partial charge in [0, 0.05) is 31.5 Å². The first-order chi connectivity index (χ1) is 9.29. The van der Waals surface area contributed by atoms with Crippen molar-refractivity contribution < 1.29 is 0 Å². The number of pyridine rings is 1. The summed E-state index contributed by atoms with van der Waals surface area (Å²) in [6, 6.07) is 5.38. The van der Waals surface area contributed by atoms with Crippen molar-refractivity contribution in [3.05, 3.63) is 52.8 Å². The van der Waals surface area contributed by atoms with Crippen LogP contribution in [0.15, 0.2) is 41.7 Å². The smallest absolute Gasteiger partial charge is 0.252 e. The van der Waals surface area contributed by atoms with Crippen LogP contribution in [-0.2, 0) is 6.54 Å². The second-order valence-corrected chi connectivity index (χ2v) is 4.19. The summed E-state index contributed by atoms with van der Waals surface area (Å²) in [5, 5.41) is 0. The van der Waals surface area contributed by atoms with E-state index in [9.17, 15) is 4.79 Å². The van der Waals surface area contributed by atoms with E-state index in [4.69, 9.17) is 5.73 Å². The highest BCUT2D eigenvalue weighted by atomic mass is 16.1. The minimum Gasteiger partial charge on any atom is -0.352 e. The Balaban J connectivity index is 2.18. The number of hydrogen-bond donors (Lipinski definition) is 2. The van der Waals surface area contributed by atoms with Crippen LogP contribution in [0.4, 0.5) is 5.82 Å². The Morgan fingerprint density at radius 3 is 3.00 bits per heavy atom. The van der Waals surface area contributed by atoms with Crippen LogP contribution in [0.2, 0.25) is 0 Å². The van der Waals surface area contributed by atoms with Gasteiger partial charge in [0.25, 0.3) is 5.56 Å². The van der Waals surface area contributed by atoms with E-state index in [1.165, 1.54) is 12.4 Å². The summed E-state index contributed by atoms with van der Waals surface area (Å²) in [5.74, 6) is 0.654. The number of aromatic amines is 1. The monoisotopic (exact) mass is 259 g/mol. The van der Waals surface area contributed by atoms with Gasteiger partial charge in [-0.3, -0.25) is 9.78 Å². The molecule has 0 aliphatic heterocycles. The predicted molar refractivity (Wildman–Crippen MR) is 73.8 cm³/mol. The van der Waals surface area contributed by atoms with E-state index in [-0.39, 0.29) is 5.56 Å². The third-order valence-electron chi connectivity index (χ3n) is 2.72. The number of H-pyrrole nitrogens is 1. The van der Waals surface area contributed by atoms with Crippen molar-refractivity contribution >= 4 is 5.82 Å². The molecule has 0 amide bonds. The van der Waals surface area contributed by atoms with E-state index in [1.807, 2.05) is 23.2 Å². The van der Waals surface area contributed by atoms with Crippen LogP contribution in [0, 0.1) is 0 Å². The second kappa shape index (κ2) is 6.65. The minimum atomic E-state index is -0.158. The summed E-state index contributed by atoms with van der Waals surface area (Å²) in [4.78, 5) is 24.2. The van der Waals surface area contributed by atoms with E-state index in [0.717, 1.165) is 18.5 Å². The van der Waals surface area contributed by atoms with Gasteiger partial charge in [0.15, 0.2) is 0 Å². The molecule has 3 N–H and O–H groups in total. The van der Waals surface area contributed by atoms with Gasteiger partial charge in [-0.1, -0.05) is 6.07 Å². The molecule has 100 valence electrons. The molecule has 0 spiro atoms. The lowest BCUT2D eigenvalue weighted by atomic mass is 10.2. The first-order valence-corrected chi connectivity index (χ1v) is 6.18. The Labute approximate surface area is 111 Å². The van der Waals surface area contributed by atoms with E-state index in [2.05, 4.69) is 15.0 Å². The molecule has 6 nitrogen and oxygen atoms in total. The zero-order chi connectivity index (χ0) is 13.5. The molecule has 0 fully saturated rings. The zero-order valence-corrected chi connectivity index (χ0v) is 10.6. The zero-order valence-electron chi connectivity index (χ0n) is 10.6. The van der Waals surface area contributed by atoms with Crippen LogP contribution in [0.5, 0.6) is 0 Å². The van der Waals surface area contributed by atoms with Crippen LogP contribution in [0.1, 0.15) is 12.0 Å². The fraction of sp³-hybridized carbons (Fsp3) is 0.308. The van der Waals surface area contributed by atoms with Crippen molar-refractivity contribution in [2.75, 3.05) is 18.0 Å². The number of nitrogens with one attached hydrogen (secondary N) is 1. The van der Waals surface area contributed by atoms with Gasteiger partial charge in [-0.15, -0.1) is 0 Å². The summed E-state index contributed by atoms with van der Waals surface area (Å²) in [6.07, 6.45) is 5.80. The van der Waals surface area contributed by atoms with Gasteiger partial charge in [0.1, 0.15) is 5.82 Å². The number of hydrogen-bond acceptors (Lipinski definition) is 5. The van der Waals surface area contributed by atoms with Crippen LogP contribution >= 0.6 is 0 Å². The molecule has 0 aromatic carbocycles. The lowest BCUT2D eigenvalue weighted by Gasteiger charge is -2.23. The first kappa shape index (κ1) is 13.2. The summed E-state index contributed by atoms with van der Waals surface area (Å²) in [7, 11) is 0. The lowest BCUT2D eigenvalue weighted by Crippen LogP contribution is -2.27. The van der Waals surface area contributed by atoms with Crippen molar-refractivity contribution in [1.29, 1.82) is 0 Å². The Morgan fingerprint density at radius 1 is 1.42 bits per heavy atom. The van der Waals surface area contributed by atoms with Crippen molar-refractivity contribution in [1.82, 2.24) is 15.0 Å². The number of nitrogens with zero attached hydrogens (tertiary/aromatic N) is 3. The maximum atomic E-state index is 11.4. The van der Waals surface area contributed by atoms with Gasteiger partial charge in [0.2, 0.25) is 0 Å². The lowest BCUT2D eigenvalue weighted by molar-refractivity contribution is 0.722. The van der Waals surface area contributed by atoms with E-state index < -0.39 is 0 Å². The van der Waals surface area contributed by atoms with Gasteiger partial charge in [-0.05, 0) is 24.6 Å². The normalized spacial score (nSPS) is 10.4. The third kappa shape index (κ3) is 3.89. The Hall–Kier alpha value is -2.21. The molecule has 2 heterocycles. The average Bonchev–Trinajstić information content (AvgIpc) is 2.44. The molecule has 2 aromatic rings. The van der Waals surface area contributed by atoms with Gasteiger partial charge >= 0.3 is 0 Å². The Morgan fingerprint density at radius 2 is 2.32 bits per heavy atom. The van der Waals surface area contributed by atoms with Gasteiger partial charge < -0.3 is 15.6 Å². The molecule has 0 saturated carbocycles. The first-order valence-electron chi connectivity index (χ1n) is 6.18. The molecule has 19 heavy (non-hydrogen) atoms. The minimum absolute atomic E-state index is 0.158. The highest BCUT2D eigenvalue weighted by Gasteiger charge is 2.09. The molecule has 0 aliphatic rings. The molecule has 0 radical (unpaired) electrons. The van der Waals surface area contributed by atoms with E-state index in [0.29, 0.717) is 18.9 Å². The highest BCUT2D eigenvalue weighted by molar-refractivity contribution is 5.37. The third-order valence-corrected chi connectivity index (χ3v) is 2.72. The summed E-state index contributed by atoms with van der Waals surface area (Å²) < 4.78 is 0. The number of nitrogens with two attached hydrogens (primary N) is 1. The van der Waals surface area contributed by atoms with E-state index >= 15 is 0 Å². The molecule has 6 heteroatoms. The van der Waals surface area contributed by atoms with Crippen molar-refractivity contribution in [2.24, 2.45) is 5.73 Å². The topological polar surface area (TPSA) is 87.9 Å². The molecular formula is C13H17N5O. The average molecular weight is 259 g/mol. The molecule has 0 atom stereocenters. The molecule has 0 bridgehead atoms. The maximum Gasteiger partial charge on any atom is 0.252 e. The van der Waals surface area contributed by atoms with Gasteiger partial charge in [-0.25, -0.2) is 4.98 Å². The molecule has 0 aliphatic carbocycles. The van der Waals surface area contributed by atoms with Crippen molar-refractivity contribution in [3.63, 3.8) is 0 Å². The predicted octanol–water partition coefficient (Wildman–Crippen LogP) is 0.520. The highest BCUT2D eigenvalue weighted by Crippen LogP contribution is 2.11. The SMILES string of the molecule is NCCCN(Cc1cccnc1)c1cc(=O)[nH]cn1. The summed E-state index contributed by atoms with van der Waals surface area (Å²) in [5.41, 5.74) is 6.46. The summed E-state index contributed by atoms with van der Waals surface area (Å²) >= 11 is 0. The fourth-order valence-electron chi connectivity index (χ4n) is 1.80. The molecule has 0 saturated heterocycles. The quantitative estimate of drug-likeness (QED) is 0.789. The van der Waals surface area contributed by atoms with Gasteiger partial charge in [-0.2, -0.15) is 0 Å². The molecule has 0 unspecified atom stereocenters. The molecule has 2 aromatic heterocycles. The number of anilines is 1. The van der Waals surface area contributed by atoms with Crippen molar-refractivity contribution in [2.45, 2.75) is 13.0 Å². The van der Waals surface area contributed by atoms with Crippen LogP contribution in [0.3, 0.4) is 0 Å². The van der Waals surface area contributed by atoms with Gasteiger partial charge in [0.05, 0.1) is 6.33 Å². The Kier molecular flexibility index (Phi) is 4.63. The van der Waals surface area contributed by atoms with Crippen LogP contribution < -0.4 is 16.2 Å². The maximum absolute atomic E-state index is 11.4. The number of aromatic nitrogens is 3. The summed E-state index contributed by atoms with van der Waals surface area (Å²) in [6.45, 7) is 2.01. The molecular weight excluding hydrogens is 242 g/mol. The fourth-order valence-corrected chi connectivity index (χ4v) is 1.80. The van der Waals surface area contributed by atoms with Crippen LogP contribution in [0.25, 0.3) is 0 Å². The van der Waals surface area contributed by atoms with Crippen molar-refractivity contribution in [3.8, 4) is 0 Å².